The number of H-pyrrole nitrogens is 1. The fourth-order valence-electron chi connectivity index (χ4n) is 3.88. The fourth-order valence-corrected chi connectivity index (χ4v) is 3.88. The van der Waals surface area contributed by atoms with E-state index in [-0.39, 0.29) is 11.4 Å². The van der Waals surface area contributed by atoms with Crippen molar-refractivity contribution in [1.29, 1.82) is 0 Å². The van der Waals surface area contributed by atoms with Crippen LogP contribution in [0.15, 0.2) is 71.8 Å². The van der Waals surface area contributed by atoms with Crippen LogP contribution in [-0.4, -0.2) is 31.0 Å². The summed E-state index contributed by atoms with van der Waals surface area (Å²) in [5, 5.41) is 0. The summed E-state index contributed by atoms with van der Waals surface area (Å²) < 4.78 is 15.3. The molecule has 0 fully saturated rings. The number of halogens is 1. The molecule has 1 N–H and O–H groups in total. The van der Waals surface area contributed by atoms with E-state index in [0.29, 0.717) is 31.0 Å². The summed E-state index contributed by atoms with van der Waals surface area (Å²) in [7, 11) is 0. The highest BCUT2D eigenvalue weighted by Crippen LogP contribution is 2.21. The third kappa shape index (κ3) is 3.55. The Morgan fingerprint density at radius 1 is 1.07 bits per heavy atom. The lowest BCUT2D eigenvalue weighted by Gasteiger charge is -2.28. The number of hydrogen-bond acceptors (Lipinski definition) is 4. The number of nitrogens with zero attached hydrogens (tertiary/aromatic N) is 4. The van der Waals surface area contributed by atoms with E-state index in [1.54, 1.807) is 18.3 Å². The van der Waals surface area contributed by atoms with Gasteiger partial charge in [-0.15, -0.1) is 0 Å². The zero-order chi connectivity index (χ0) is 20.5. The van der Waals surface area contributed by atoms with Gasteiger partial charge in [-0.1, -0.05) is 6.07 Å². The maximum atomic E-state index is 13.3. The molecule has 7 heteroatoms. The van der Waals surface area contributed by atoms with Gasteiger partial charge in [-0.2, -0.15) is 0 Å². The first kappa shape index (κ1) is 18.4. The van der Waals surface area contributed by atoms with Crippen LogP contribution in [0.1, 0.15) is 17.0 Å². The first-order valence-electron chi connectivity index (χ1n) is 9.85. The Morgan fingerprint density at radius 2 is 1.93 bits per heavy atom. The molecule has 5 rings (SSSR count). The molecule has 0 saturated carbocycles. The van der Waals surface area contributed by atoms with Crippen molar-refractivity contribution in [2.75, 3.05) is 6.54 Å². The maximum Gasteiger partial charge on any atom is 0.254 e. The number of benzene rings is 1. The van der Waals surface area contributed by atoms with Gasteiger partial charge in [-0.05, 0) is 55.0 Å². The minimum Gasteiger partial charge on any atom is -0.320 e. The van der Waals surface area contributed by atoms with Crippen molar-refractivity contribution in [1.82, 2.24) is 24.4 Å². The van der Waals surface area contributed by atoms with Crippen molar-refractivity contribution in [2.24, 2.45) is 0 Å². The van der Waals surface area contributed by atoms with Gasteiger partial charge >= 0.3 is 0 Å². The molecule has 0 aliphatic carbocycles. The molecule has 1 aliphatic rings. The average molecular weight is 401 g/mol. The molecule has 0 radical (unpaired) electrons. The lowest BCUT2D eigenvalue weighted by molar-refractivity contribution is 0.236. The summed E-state index contributed by atoms with van der Waals surface area (Å²) >= 11 is 0. The topological polar surface area (TPSA) is 66.8 Å². The number of rotatable bonds is 4. The normalized spacial score (nSPS) is 13.9. The molecule has 150 valence electrons. The molecule has 6 nitrogen and oxygen atoms in total. The molecule has 30 heavy (non-hydrogen) atoms. The zero-order valence-electron chi connectivity index (χ0n) is 16.3. The van der Waals surface area contributed by atoms with Crippen molar-refractivity contribution in [3.05, 3.63) is 100 Å². The second-order valence-corrected chi connectivity index (χ2v) is 7.36. The monoisotopic (exact) mass is 401 g/mol. The Hall–Kier alpha value is -3.58. The molecule has 3 aromatic heterocycles. The summed E-state index contributed by atoms with van der Waals surface area (Å²) in [5.41, 5.74) is 4.13. The van der Waals surface area contributed by atoms with Crippen LogP contribution in [0, 0.1) is 5.82 Å². The van der Waals surface area contributed by atoms with Crippen molar-refractivity contribution in [3.63, 3.8) is 0 Å². The number of pyridine rings is 1. The van der Waals surface area contributed by atoms with Crippen molar-refractivity contribution in [3.8, 4) is 17.2 Å². The van der Waals surface area contributed by atoms with E-state index in [9.17, 15) is 9.18 Å². The van der Waals surface area contributed by atoms with Crippen LogP contribution in [-0.2, 0) is 19.5 Å². The van der Waals surface area contributed by atoms with Gasteiger partial charge in [-0.3, -0.25) is 14.7 Å². The standard InChI is InChI=1S/C23H20FN5O/c24-16-6-8-17(9-7-16)29-12-3-4-18(29)14-28-13-10-19-21(15-28)26-22(27-23(19)30)20-5-1-2-11-25-20/h1-9,11-12H,10,13-15H2,(H,26,27,30). The summed E-state index contributed by atoms with van der Waals surface area (Å²) in [6.07, 6.45) is 4.31. The highest BCUT2D eigenvalue weighted by atomic mass is 19.1. The Labute approximate surface area is 172 Å². The Morgan fingerprint density at radius 3 is 2.73 bits per heavy atom. The highest BCUT2D eigenvalue weighted by Gasteiger charge is 2.22. The number of aromatic amines is 1. The number of fused-ring (bicyclic) bond motifs is 1. The van der Waals surface area contributed by atoms with E-state index in [0.717, 1.165) is 29.2 Å². The number of nitrogens with one attached hydrogen (secondary N) is 1. The van der Waals surface area contributed by atoms with Gasteiger partial charge in [0.25, 0.3) is 5.56 Å². The van der Waals surface area contributed by atoms with E-state index < -0.39 is 0 Å². The highest BCUT2D eigenvalue weighted by molar-refractivity contribution is 5.49. The first-order valence-corrected chi connectivity index (χ1v) is 9.85. The zero-order valence-corrected chi connectivity index (χ0v) is 16.3. The molecule has 1 aromatic carbocycles. The second kappa shape index (κ2) is 7.68. The molecule has 0 bridgehead atoms. The van der Waals surface area contributed by atoms with Gasteiger partial charge < -0.3 is 9.55 Å². The van der Waals surface area contributed by atoms with Gasteiger partial charge in [0.2, 0.25) is 0 Å². The predicted octanol–water partition coefficient (Wildman–Crippen LogP) is 3.32. The molecule has 0 spiro atoms. The number of aromatic nitrogens is 4. The first-order chi connectivity index (χ1) is 14.7. The van der Waals surface area contributed by atoms with E-state index in [1.807, 2.05) is 30.5 Å². The lowest BCUT2D eigenvalue weighted by atomic mass is 10.1. The van der Waals surface area contributed by atoms with Crippen LogP contribution < -0.4 is 5.56 Å². The van der Waals surface area contributed by atoms with Gasteiger partial charge in [0.05, 0.1) is 5.69 Å². The molecular weight excluding hydrogens is 381 g/mol. The van der Waals surface area contributed by atoms with Gasteiger partial charge in [0.15, 0.2) is 5.82 Å². The van der Waals surface area contributed by atoms with E-state index in [1.165, 1.54) is 12.1 Å². The summed E-state index contributed by atoms with van der Waals surface area (Å²) in [6, 6.07) is 16.0. The average Bonchev–Trinajstić information content (AvgIpc) is 3.22. The maximum absolute atomic E-state index is 13.3. The third-order valence-electron chi connectivity index (χ3n) is 5.38. The lowest BCUT2D eigenvalue weighted by Crippen LogP contribution is -2.35. The van der Waals surface area contributed by atoms with Crippen molar-refractivity contribution >= 4 is 0 Å². The van der Waals surface area contributed by atoms with E-state index >= 15 is 0 Å². The largest absolute Gasteiger partial charge is 0.320 e. The molecule has 4 aromatic rings. The smallest absolute Gasteiger partial charge is 0.254 e. The molecule has 0 unspecified atom stereocenters. The SMILES string of the molecule is O=c1[nH]c(-c2ccccn2)nc2c1CCN(Cc1cccn1-c1ccc(F)cc1)C2. The quantitative estimate of drug-likeness (QED) is 0.570. The van der Waals surface area contributed by atoms with Crippen LogP contribution in [0.25, 0.3) is 17.2 Å². The van der Waals surface area contributed by atoms with E-state index in [2.05, 4.69) is 25.5 Å². The van der Waals surface area contributed by atoms with Gasteiger partial charge in [0, 0.05) is 49.0 Å². The molecule has 0 atom stereocenters. The van der Waals surface area contributed by atoms with Crippen LogP contribution >= 0.6 is 0 Å². The number of hydrogen-bond donors (Lipinski definition) is 1. The van der Waals surface area contributed by atoms with Gasteiger partial charge in [0.1, 0.15) is 11.5 Å². The Bertz CT molecular complexity index is 1230. The summed E-state index contributed by atoms with van der Waals surface area (Å²) in [5.74, 6) is 0.246. The predicted molar refractivity (Wildman–Crippen MR) is 112 cm³/mol. The van der Waals surface area contributed by atoms with Crippen LogP contribution in [0.3, 0.4) is 0 Å². The molecule has 1 aliphatic heterocycles. The van der Waals surface area contributed by atoms with E-state index in [4.69, 9.17) is 4.98 Å². The van der Waals surface area contributed by atoms with Crippen LogP contribution in [0.2, 0.25) is 0 Å². The molecule has 4 heterocycles. The van der Waals surface area contributed by atoms with Crippen molar-refractivity contribution < 1.29 is 4.39 Å². The van der Waals surface area contributed by atoms with Gasteiger partial charge in [-0.25, -0.2) is 9.37 Å². The summed E-state index contributed by atoms with van der Waals surface area (Å²) in [4.78, 5) is 26.7. The Kier molecular flexibility index (Phi) is 4.72. The minimum atomic E-state index is -0.250. The van der Waals surface area contributed by atoms with Crippen LogP contribution in [0.5, 0.6) is 0 Å². The van der Waals surface area contributed by atoms with Crippen LogP contribution in [0.4, 0.5) is 4.39 Å². The molecular formula is C23H20FN5O. The molecule has 0 amide bonds. The summed E-state index contributed by atoms with van der Waals surface area (Å²) in [6.45, 7) is 2.07. The second-order valence-electron chi connectivity index (χ2n) is 7.36. The third-order valence-corrected chi connectivity index (χ3v) is 5.38. The Balaban J connectivity index is 1.40. The van der Waals surface area contributed by atoms with Crippen molar-refractivity contribution in [2.45, 2.75) is 19.5 Å². The molecule has 0 saturated heterocycles. The minimum absolute atomic E-state index is 0.0880. The fraction of sp³-hybridized carbons (Fsp3) is 0.174.